The van der Waals surface area contributed by atoms with E-state index >= 15 is 0 Å². The minimum absolute atomic E-state index is 0.244. The summed E-state index contributed by atoms with van der Waals surface area (Å²) in [4.78, 5) is 26.8. The maximum atomic E-state index is 13.3. The van der Waals surface area contributed by atoms with Gasteiger partial charge in [-0.3, -0.25) is 9.36 Å². The molecule has 1 aliphatic rings. The van der Waals surface area contributed by atoms with Crippen molar-refractivity contribution in [3.05, 3.63) is 69.5 Å². The van der Waals surface area contributed by atoms with E-state index in [1.54, 1.807) is 16.9 Å². The fourth-order valence-electron chi connectivity index (χ4n) is 4.37. The number of nitrogens with zero attached hydrogens (tertiary/aromatic N) is 7. The van der Waals surface area contributed by atoms with E-state index in [2.05, 4.69) is 25.1 Å². The van der Waals surface area contributed by atoms with Crippen molar-refractivity contribution in [2.45, 2.75) is 48.9 Å². The third kappa shape index (κ3) is 3.97. The monoisotopic (exact) mass is 492 g/mol. The molecule has 11 heteroatoms. The smallest absolute Gasteiger partial charge is 0.268 e. The Bertz CT molecular complexity index is 1530. The van der Waals surface area contributed by atoms with Gasteiger partial charge in [0.15, 0.2) is 5.82 Å². The first-order valence-corrected chi connectivity index (χ1v) is 12.6. The summed E-state index contributed by atoms with van der Waals surface area (Å²) >= 11 is 7.42. The first kappa shape index (κ1) is 21.3. The molecule has 172 valence electrons. The number of nitrogens with one attached hydrogen (secondary N) is 1. The van der Waals surface area contributed by atoms with Gasteiger partial charge < -0.3 is 0 Å². The first-order chi connectivity index (χ1) is 16.7. The Kier molecular flexibility index (Phi) is 5.54. The van der Waals surface area contributed by atoms with Crippen LogP contribution >= 0.6 is 23.4 Å². The lowest BCUT2D eigenvalue weighted by atomic mass is 9.89. The third-order valence-electron chi connectivity index (χ3n) is 6.18. The largest absolute Gasteiger partial charge is 0.268 e. The molecule has 34 heavy (non-hydrogen) atoms. The summed E-state index contributed by atoms with van der Waals surface area (Å²) in [5.74, 6) is 2.75. The molecule has 0 radical (unpaired) electrons. The average Bonchev–Trinajstić information content (AvgIpc) is 3.52. The highest BCUT2D eigenvalue weighted by Gasteiger charge is 2.21. The minimum atomic E-state index is -0.244. The summed E-state index contributed by atoms with van der Waals surface area (Å²) in [6.07, 6.45) is 9.13. The summed E-state index contributed by atoms with van der Waals surface area (Å²) in [6, 6.07) is 9.48. The van der Waals surface area contributed by atoms with Crippen molar-refractivity contribution in [3.8, 4) is 5.95 Å². The topological polar surface area (TPSA) is 107 Å². The van der Waals surface area contributed by atoms with Crippen LogP contribution in [0.2, 0.25) is 5.02 Å². The van der Waals surface area contributed by atoms with E-state index < -0.39 is 0 Å². The molecule has 0 aliphatic heterocycles. The fourth-order valence-corrected chi connectivity index (χ4v) is 5.25. The highest BCUT2D eigenvalue weighted by atomic mass is 35.5. The van der Waals surface area contributed by atoms with Crippen LogP contribution in [0.4, 0.5) is 0 Å². The predicted octanol–water partition coefficient (Wildman–Crippen LogP) is 4.54. The van der Waals surface area contributed by atoms with Gasteiger partial charge in [0, 0.05) is 29.1 Å². The molecule has 0 atom stereocenters. The Hall–Kier alpha value is -3.24. The van der Waals surface area contributed by atoms with Crippen molar-refractivity contribution in [1.29, 1.82) is 0 Å². The number of pyridine rings is 1. The number of aromatic amines is 1. The summed E-state index contributed by atoms with van der Waals surface area (Å²) in [7, 11) is 0. The van der Waals surface area contributed by atoms with E-state index in [0.717, 1.165) is 24.2 Å². The standard InChI is InChI=1S/C23H21ClN8OS/c24-16-8-6-14(7-9-16)13-34-23-27-22(28-29-23)31-11-10-18-17(20(31)33)12-25-21-26-19(30-32(18)21)15-4-2-1-3-5-15/h6-12,15H,1-5,13H2,(H,27,28,29). The molecular weight excluding hydrogens is 472 g/mol. The lowest BCUT2D eigenvalue weighted by molar-refractivity contribution is 0.429. The van der Waals surface area contributed by atoms with Gasteiger partial charge in [-0.15, -0.1) is 10.2 Å². The van der Waals surface area contributed by atoms with Crippen LogP contribution in [0.15, 0.2) is 52.7 Å². The van der Waals surface area contributed by atoms with E-state index in [-0.39, 0.29) is 5.56 Å². The van der Waals surface area contributed by atoms with Crippen LogP contribution in [0.3, 0.4) is 0 Å². The van der Waals surface area contributed by atoms with E-state index in [1.165, 1.54) is 35.6 Å². The third-order valence-corrected chi connectivity index (χ3v) is 7.35. The fraction of sp³-hybridized carbons (Fsp3) is 0.304. The maximum Gasteiger partial charge on any atom is 0.268 e. The zero-order chi connectivity index (χ0) is 23.1. The van der Waals surface area contributed by atoms with Crippen LogP contribution in [-0.2, 0) is 5.75 Å². The van der Waals surface area contributed by atoms with Crippen molar-refractivity contribution in [1.82, 2.24) is 39.3 Å². The molecule has 0 amide bonds. The quantitative estimate of drug-likeness (QED) is 0.359. The highest BCUT2D eigenvalue weighted by Crippen LogP contribution is 2.31. The summed E-state index contributed by atoms with van der Waals surface area (Å²) < 4.78 is 3.12. The molecule has 4 heterocycles. The molecule has 0 bridgehead atoms. The van der Waals surface area contributed by atoms with Crippen molar-refractivity contribution in [3.63, 3.8) is 0 Å². The van der Waals surface area contributed by atoms with Gasteiger partial charge in [0.25, 0.3) is 11.3 Å². The highest BCUT2D eigenvalue weighted by molar-refractivity contribution is 7.98. The lowest BCUT2D eigenvalue weighted by Gasteiger charge is -2.17. The molecule has 1 aromatic carbocycles. The molecule has 1 N–H and O–H groups in total. The Morgan fingerprint density at radius 2 is 1.91 bits per heavy atom. The molecule has 9 nitrogen and oxygen atoms in total. The number of hydrogen-bond acceptors (Lipinski definition) is 7. The number of hydrogen-bond donors (Lipinski definition) is 1. The maximum absolute atomic E-state index is 13.3. The van der Waals surface area contributed by atoms with Crippen molar-refractivity contribution < 1.29 is 0 Å². The Morgan fingerprint density at radius 1 is 1.09 bits per heavy atom. The number of H-pyrrole nitrogens is 1. The lowest BCUT2D eigenvalue weighted by Crippen LogP contribution is -2.20. The molecule has 6 rings (SSSR count). The molecule has 0 unspecified atom stereocenters. The number of rotatable bonds is 5. The van der Waals surface area contributed by atoms with Gasteiger partial charge in [-0.05, 0) is 36.6 Å². The Labute approximate surface area is 203 Å². The van der Waals surface area contributed by atoms with Crippen molar-refractivity contribution in [2.24, 2.45) is 0 Å². The average molecular weight is 493 g/mol. The second-order valence-electron chi connectivity index (χ2n) is 8.42. The first-order valence-electron chi connectivity index (χ1n) is 11.2. The molecular formula is C23H21ClN8OS. The van der Waals surface area contributed by atoms with Crippen molar-refractivity contribution in [2.75, 3.05) is 0 Å². The zero-order valence-electron chi connectivity index (χ0n) is 18.2. The number of aromatic nitrogens is 8. The van der Waals surface area contributed by atoms with Gasteiger partial charge in [-0.1, -0.05) is 54.8 Å². The Balaban J connectivity index is 1.29. The van der Waals surface area contributed by atoms with E-state index in [9.17, 15) is 4.79 Å². The van der Waals surface area contributed by atoms with Crippen LogP contribution in [0.5, 0.6) is 0 Å². The molecule has 1 aliphatic carbocycles. The molecule has 0 saturated heterocycles. The van der Waals surface area contributed by atoms with Crippen LogP contribution in [-0.4, -0.2) is 39.3 Å². The van der Waals surface area contributed by atoms with Crippen LogP contribution in [0, 0.1) is 0 Å². The van der Waals surface area contributed by atoms with Crippen LogP contribution in [0.1, 0.15) is 49.4 Å². The number of thioether (sulfide) groups is 1. The second-order valence-corrected chi connectivity index (χ2v) is 9.80. The second kappa shape index (κ2) is 8.84. The Morgan fingerprint density at radius 3 is 2.74 bits per heavy atom. The molecule has 1 saturated carbocycles. The number of benzene rings is 1. The van der Waals surface area contributed by atoms with E-state index in [0.29, 0.717) is 44.5 Å². The summed E-state index contributed by atoms with van der Waals surface area (Å²) in [6.45, 7) is 0. The normalized spacial score (nSPS) is 14.9. The number of halogens is 1. The van der Waals surface area contributed by atoms with Crippen LogP contribution in [0.25, 0.3) is 22.6 Å². The molecule has 4 aromatic heterocycles. The zero-order valence-corrected chi connectivity index (χ0v) is 19.8. The number of fused-ring (bicyclic) bond motifs is 3. The van der Waals surface area contributed by atoms with Crippen LogP contribution < -0.4 is 5.56 Å². The van der Waals surface area contributed by atoms with Gasteiger partial charge in [-0.2, -0.15) is 14.5 Å². The van der Waals surface area contributed by atoms with Gasteiger partial charge in [0.2, 0.25) is 11.1 Å². The van der Waals surface area contributed by atoms with E-state index in [4.69, 9.17) is 16.7 Å². The molecule has 1 fully saturated rings. The molecule has 5 aromatic rings. The summed E-state index contributed by atoms with van der Waals surface area (Å²) in [5, 5.41) is 13.5. The van der Waals surface area contributed by atoms with Gasteiger partial charge in [0.1, 0.15) is 0 Å². The summed E-state index contributed by atoms with van der Waals surface area (Å²) in [5.41, 5.74) is 1.55. The van der Waals surface area contributed by atoms with Gasteiger partial charge in [0.05, 0.1) is 10.9 Å². The van der Waals surface area contributed by atoms with Crippen molar-refractivity contribution >= 4 is 40.0 Å². The SMILES string of the molecule is O=c1c2cnc3nc(C4CCCCC4)nn3c2ccn1-c1nc(SCc2ccc(Cl)cc2)n[nH]1. The van der Waals surface area contributed by atoms with E-state index in [1.807, 2.05) is 30.3 Å². The van der Waals surface area contributed by atoms with Gasteiger partial charge >= 0.3 is 0 Å². The molecule has 0 spiro atoms. The van der Waals surface area contributed by atoms with Gasteiger partial charge in [-0.25, -0.2) is 10.1 Å². The predicted molar refractivity (Wildman–Crippen MR) is 131 cm³/mol. The minimum Gasteiger partial charge on any atom is -0.268 e.